The van der Waals surface area contributed by atoms with Crippen LogP contribution in [0, 0.1) is 6.92 Å². The summed E-state index contributed by atoms with van der Waals surface area (Å²) in [6.07, 6.45) is 0. The second-order valence-electron chi connectivity index (χ2n) is 6.65. The Morgan fingerprint density at radius 3 is 2.57 bits per heavy atom. The quantitative estimate of drug-likeness (QED) is 0.588. The SMILES string of the molecule is Cc1ccccc1NC(=O)N1CCS[C@@H]1c1cccc(Oc2ccccc2)c1. The van der Waals surface area contributed by atoms with E-state index in [4.69, 9.17) is 4.74 Å². The summed E-state index contributed by atoms with van der Waals surface area (Å²) in [4.78, 5) is 14.8. The Morgan fingerprint density at radius 2 is 1.75 bits per heavy atom. The number of anilines is 1. The van der Waals surface area contributed by atoms with Crippen molar-refractivity contribution >= 4 is 23.5 Å². The molecule has 1 heterocycles. The summed E-state index contributed by atoms with van der Waals surface area (Å²) in [5.74, 6) is 2.48. The fourth-order valence-electron chi connectivity index (χ4n) is 3.21. The fourth-order valence-corrected chi connectivity index (χ4v) is 4.46. The van der Waals surface area contributed by atoms with Crippen LogP contribution in [0.1, 0.15) is 16.5 Å². The minimum Gasteiger partial charge on any atom is -0.457 e. The van der Waals surface area contributed by atoms with Crippen molar-refractivity contribution in [1.29, 1.82) is 0 Å². The number of amides is 2. The van der Waals surface area contributed by atoms with E-state index in [0.717, 1.165) is 40.6 Å². The van der Waals surface area contributed by atoms with Gasteiger partial charge in [-0.05, 0) is 48.4 Å². The number of urea groups is 1. The number of hydrogen-bond acceptors (Lipinski definition) is 3. The summed E-state index contributed by atoms with van der Waals surface area (Å²) in [5.41, 5.74) is 2.97. The van der Waals surface area contributed by atoms with Crippen molar-refractivity contribution in [2.24, 2.45) is 0 Å². The zero-order valence-corrected chi connectivity index (χ0v) is 16.5. The molecule has 1 atom stereocenters. The van der Waals surface area contributed by atoms with E-state index in [2.05, 4.69) is 11.4 Å². The first-order valence-corrected chi connectivity index (χ1v) is 10.3. The average Bonchev–Trinajstić information content (AvgIpc) is 3.21. The lowest BCUT2D eigenvalue weighted by molar-refractivity contribution is 0.214. The van der Waals surface area contributed by atoms with Crippen molar-refractivity contribution in [2.75, 3.05) is 17.6 Å². The molecular formula is C23H22N2O2S. The fraction of sp³-hybridized carbons (Fsp3) is 0.174. The number of nitrogens with one attached hydrogen (secondary N) is 1. The molecule has 2 amide bonds. The summed E-state index contributed by atoms with van der Waals surface area (Å²) < 4.78 is 5.96. The molecule has 0 radical (unpaired) electrons. The van der Waals surface area contributed by atoms with E-state index in [9.17, 15) is 4.79 Å². The largest absolute Gasteiger partial charge is 0.457 e. The highest BCUT2D eigenvalue weighted by Gasteiger charge is 2.31. The van der Waals surface area contributed by atoms with Gasteiger partial charge in [-0.15, -0.1) is 11.8 Å². The van der Waals surface area contributed by atoms with Crippen LogP contribution in [0.3, 0.4) is 0 Å². The van der Waals surface area contributed by atoms with E-state index in [0.29, 0.717) is 0 Å². The number of carbonyl (C=O) groups is 1. The van der Waals surface area contributed by atoms with Crippen molar-refractivity contribution in [2.45, 2.75) is 12.3 Å². The molecule has 0 spiro atoms. The van der Waals surface area contributed by atoms with E-state index in [1.165, 1.54) is 0 Å². The van der Waals surface area contributed by atoms with Gasteiger partial charge in [0.15, 0.2) is 0 Å². The van der Waals surface area contributed by atoms with E-state index >= 15 is 0 Å². The van der Waals surface area contributed by atoms with Crippen LogP contribution in [0.5, 0.6) is 11.5 Å². The van der Waals surface area contributed by atoms with Crippen molar-refractivity contribution < 1.29 is 9.53 Å². The molecule has 0 aromatic heterocycles. The zero-order chi connectivity index (χ0) is 19.3. The van der Waals surface area contributed by atoms with Crippen molar-refractivity contribution in [1.82, 2.24) is 4.90 Å². The van der Waals surface area contributed by atoms with Crippen LogP contribution in [0.25, 0.3) is 0 Å². The van der Waals surface area contributed by atoms with Gasteiger partial charge >= 0.3 is 6.03 Å². The zero-order valence-electron chi connectivity index (χ0n) is 15.7. The number of rotatable bonds is 4. The van der Waals surface area contributed by atoms with Crippen LogP contribution in [0.2, 0.25) is 0 Å². The van der Waals surface area contributed by atoms with Crippen LogP contribution in [0.4, 0.5) is 10.5 Å². The van der Waals surface area contributed by atoms with E-state index in [-0.39, 0.29) is 11.4 Å². The minimum atomic E-state index is -0.0707. The van der Waals surface area contributed by atoms with E-state index in [1.807, 2.05) is 84.6 Å². The van der Waals surface area contributed by atoms with Gasteiger partial charge in [-0.2, -0.15) is 0 Å². The number of benzene rings is 3. The Labute approximate surface area is 169 Å². The number of para-hydroxylation sites is 2. The summed E-state index contributed by atoms with van der Waals surface area (Å²) in [6.45, 7) is 2.72. The van der Waals surface area contributed by atoms with Gasteiger partial charge in [-0.3, -0.25) is 0 Å². The van der Waals surface area contributed by atoms with Crippen molar-refractivity contribution in [3.63, 3.8) is 0 Å². The average molecular weight is 391 g/mol. The number of nitrogens with zero attached hydrogens (tertiary/aromatic N) is 1. The lowest BCUT2D eigenvalue weighted by atomic mass is 10.2. The lowest BCUT2D eigenvalue weighted by Crippen LogP contribution is -2.34. The van der Waals surface area contributed by atoms with Crippen LogP contribution in [-0.2, 0) is 0 Å². The molecular weight excluding hydrogens is 368 g/mol. The number of ether oxygens (including phenoxy) is 1. The molecule has 1 saturated heterocycles. The first kappa shape index (κ1) is 18.4. The first-order chi connectivity index (χ1) is 13.7. The summed E-state index contributed by atoms with van der Waals surface area (Å²) in [6, 6.07) is 25.5. The maximum absolute atomic E-state index is 12.9. The van der Waals surface area contributed by atoms with Crippen LogP contribution >= 0.6 is 11.8 Å². The molecule has 1 aliphatic rings. The van der Waals surface area contributed by atoms with Crippen molar-refractivity contribution in [3.05, 3.63) is 90.0 Å². The third-order valence-corrected chi connectivity index (χ3v) is 5.92. The van der Waals surface area contributed by atoms with Gasteiger partial charge in [0.1, 0.15) is 16.9 Å². The van der Waals surface area contributed by atoms with Crippen LogP contribution in [-0.4, -0.2) is 23.2 Å². The smallest absolute Gasteiger partial charge is 0.323 e. The van der Waals surface area contributed by atoms with Gasteiger partial charge in [0.2, 0.25) is 0 Å². The van der Waals surface area contributed by atoms with Gasteiger partial charge in [0.25, 0.3) is 0 Å². The summed E-state index contributed by atoms with van der Waals surface area (Å²) >= 11 is 1.77. The second-order valence-corrected chi connectivity index (χ2v) is 7.84. The molecule has 3 aromatic rings. The standard InChI is InChI=1S/C23H22N2O2S/c1-17-8-5-6-13-21(17)24-23(26)25-14-15-28-22(25)18-9-7-12-20(16-18)27-19-10-3-2-4-11-19/h2-13,16,22H,14-15H2,1H3,(H,24,26)/t22-/m1/s1. The number of carbonyl (C=O) groups excluding carboxylic acids is 1. The number of hydrogen-bond donors (Lipinski definition) is 1. The molecule has 0 aliphatic carbocycles. The Hall–Kier alpha value is -2.92. The van der Waals surface area contributed by atoms with Gasteiger partial charge in [-0.1, -0.05) is 48.5 Å². The molecule has 1 N–H and O–H groups in total. The Morgan fingerprint density at radius 1 is 1.00 bits per heavy atom. The maximum atomic E-state index is 12.9. The van der Waals surface area contributed by atoms with Gasteiger partial charge < -0.3 is 15.0 Å². The Bertz CT molecular complexity index is 962. The molecule has 1 aliphatic heterocycles. The second kappa shape index (κ2) is 8.40. The highest BCUT2D eigenvalue weighted by Crippen LogP contribution is 2.39. The van der Waals surface area contributed by atoms with Gasteiger partial charge in [0, 0.05) is 18.0 Å². The van der Waals surface area contributed by atoms with Crippen LogP contribution < -0.4 is 10.1 Å². The molecule has 3 aromatic carbocycles. The molecule has 0 saturated carbocycles. The predicted molar refractivity (Wildman–Crippen MR) is 115 cm³/mol. The molecule has 0 bridgehead atoms. The minimum absolute atomic E-state index is 0.0247. The molecule has 0 unspecified atom stereocenters. The highest BCUT2D eigenvalue weighted by molar-refractivity contribution is 7.99. The molecule has 142 valence electrons. The Balaban J connectivity index is 1.51. The van der Waals surface area contributed by atoms with E-state index in [1.54, 1.807) is 11.8 Å². The summed E-state index contributed by atoms with van der Waals surface area (Å²) in [5, 5.41) is 3.02. The molecule has 1 fully saturated rings. The van der Waals surface area contributed by atoms with Gasteiger partial charge in [-0.25, -0.2) is 4.79 Å². The third kappa shape index (κ3) is 4.15. The number of thioether (sulfide) groups is 1. The van der Waals surface area contributed by atoms with Crippen molar-refractivity contribution in [3.8, 4) is 11.5 Å². The highest BCUT2D eigenvalue weighted by atomic mass is 32.2. The van der Waals surface area contributed by atoms with Gasteiger partial charge in [0.05, 0.1) is 0 Å². The molecule has 4 nitrogen and oxygen atoms in total. The number of aryl methyl sites for hydroxylation is 1. The molecule has 28 heavy (non-hydrogen) atoms. The molecule has 5 heteroatoms. The van der Waals surface area contributed by atoms with Crippen LogP contribution in [0.15, 0.2) is 78.9 Å². The topological polar surface area (TPSA) is 41.6 Å². The van der Waals surface area contributed by atoms with E-state index < -0.39 is 0 Å². The maximum Gasteiger partial charge on any atom is 0.323 e. The normalized spacial score (nSPS) is 16.0. The monoisotopic (exact) mass is 390 g/mol. The Kier molecular flexibility index (Phi) is 5.53. The third-order valence-electron chi connectivity index (χ3n) is 4.66. The lowest BCUT2D eigenvalue weighted by Gasteiger charge is -2.25. The molecule has 4 rings (SSSR count). The first-order valence-electron chi connectivity index (χ1n) is 9.28. The predicted octanol–water partition coefficient (Wildman–Crippen LogP) is 6.07. The summed E-state index contributed by atoms with van der Waals surface area (Å²) in [7, 11) is 0.